The molecule has 0 spiro atoms. The monoisotopic (exact) mass is 187 g/mol. The Morgan fingerprint density at radius 1 is 1.29 bits per heavy atom. The van der Waals surface area contributed by atoms with Crippen LogP contribution in [0.3, 0.4) is 0 Å². The highest BCUT2D eigenvalue weighted by atomic mass is 16.3. The highest BCUT2D eigenvalue weighted by Gasteiger charge is 1.88. The molecule has 0 aliphatic heterocycles. The standard InChI is InChI=1S/C10H9N3O/c1-2-6-11-10(5-1)13-12-8-9-4-3-7-14-9/h1-8H,(H,11,13)/b12-8+. The molecule has 0 amide bonds. The molecule has 0 atom stereocenters. The molecule has 2 aromatic rings. The maximum absolute atomic E-state index is 5.06. The minimum absolute atomic E-state index is 0.702. The molecule has 1 N–H and O–H groups in total. The van der Waals surface area contributed by atoms with Gasteiger partial charge in [-0.15, -0.1) is 0 Å². The predicted molar refractivity (Wildman–Crippen MR) is 54.2 cm³/mol. The maximum Gasteiger partial charge on any atom is 0.146 e. The molecule has 0 unspecified atom stereocenters. The Bertz CT molecular complexity index is 395. The molecule has 70 valence electrons. The van der Waals surface area contributed by atoms with Gasteiger partial charge < -0.3 is 4.42 Å². The lowest BCUT2D eigenvalue weighted by molar-refractivity contribution is 0.560. The van der Waals surface area contributed by atoms with Crippen molar-refractivity contribution in [1.82, 2.24) is 4.98 Å². The van der Waals surface area contributed by atoms with Crippen molar-refractivity contribution in [3.63, 3.8) is 0 Å². The van der Waals surface area contributed by atoms with Crippen LogP contribution < -0.4 is 5.43 Å². The third-order valence-electron chi connectivity index (χ3n) is 1.58. The van der Waals surface area contributed by atoms with Crippen molar-refractivity contribution < 1.29 is 4.42 Å². The Kier molecular flexibility index (Phi) is 2.56. The normalized spacial score (nSPS) is 10.6. The molecule has 4 nitrogen and oxygen atoms in total. The van der Waals surface area contributed by atoms with E-state index in [1.165, 1.54) is 0 Å². The summed E-state index contributed by atoms with van der Waals surface area (Å²) in [6, 6.07) is 9.20. The number of nitrogens with one attached hydrogen (secondary N) is 1. The van der Waals surface area contributed by atoms with Crippen LogP contribution in [0, 0.1) is 0 Å². The number of nitrogens with zero attached hydrogens (tertiary/aromatic N) is 2. The number of rotatable bonds is 3. The summed E-state index contributed by atoms with van der Waals surface area (Å²) in [5.74, 6) is 1.41. The Labute approximate surface area is 81.3 Å². The molecule has 0 aliphatic rings. The van der Waals surface area contributed by atoms with Crippen molar-refractivity contribution >= 4 is 12.0 Å². The van der Waals surface area contributed by atoms with E-state index in [1.807, 2.05) is 30.3 Å². The number of furan rings is 1. The van der Waals surface area contributed by atoms with Crippen LogP contribution in [0.1, 0.15) is 5.76 Å². The second kappa shape index (κ2) is 4.23. The Morgan fingerprint density at radius 3 is 3.00 bits per heavy atom. The van der Waals surface area contributed by atoms with Gasteiger partial charge in [0.25, 0.3) is 0 Å². The van der Waals surface area contributed by atoms with Crippen LogP contribution in [0.25, 0.3) is 0 Å². The van der Waals surface area contributed by atoms with Crippen molar-refractivity contribution in [1.29, 1.82) is 0 Å². The lowest BCUT2D eigenvalue weighted by atomic mass is 10.5. The maximum atomic E-state index is 5.06. The first kappa shape index (κ1) is 8.50. The van der Waals surface area contributed by atoms with E-state index in [1.54, 1.807) is 18.7 Å². The minimum Gasteiger partial charge on any atom is -0.463 e. The Morgan fingerprint density at radius 2 is 2.29 bits per heavy atom. The molecule has 0 aliphatic carbocycles. The van der Waals surface area contributed by atoms with E-state index in [4.69, 9.17) is 4.42 Å². The van der Waals surface area contributed by atoms with Crippen molar-refractivity contribution in [2.45, 2.75) is 0 Å². The van der Waals surface area contributed by atoms with Crippen LogP contribution in [0.15, 0.2) is 52.3 Å². The van der Waals surface area contributed by atoms with E-state index in [2.05, 4.69) is 15.5 Å². The van der Waals surface area contributed by atoms with Gasteiger partial charge >= 0.3 is 0 Å². The molecular formula is C10H9N3O. The van der Waals surface area contributed by atoms with Crippen LogP contribution >= 0.6 is 0 Å². The van der Waals surface area contributed by atoms with E-state index in [0.29, 0.717) is 11.6 Å². The van der Waals surface area contributed by atoms with E-state index in [-0.39, 0.29) is 0 Å². The van der Waals surface area contributed by atoms with Crippen LogP contribution in [0.5, 0.6) is 0 Å². The van der Waals surface area contributed by atoms with Gasteiger partial charge in [-0.1, -0.05) is 6.07 Å². The summed E-state index contributed by atoms with van der Waals surface area (Å²) in [5.41, 5.74) is 2.78. The van der Waals surface area contributed by atoms with Crippen LogP contribution in [0.2, 0.25) is 0 Å². The summed E-state index contributed by atoms with van der Waals surface area (Å²) in [7, 11) is 0. The number of hydrazone groups is 1. The molecule has 2 aromatic heterocycles. The average Bonchev–Trinajstić information content (AvgIpc) is 2.72. The largest absolute Gasteiger partial charge is 0.463 e. The van der Waals surface area contributed by atoms with E-state index >= 15 is 0 Å². The number of aromatic nitrogens is 1. The molecule has 0 aromatic carbocycles. The summed E-state index contributed by atoms with van der Waals surface area (Å²) >= 11 is 0. The fraction of sp³-hybridized carbons (Fsp3) is 0. The Hall–Kier alpha value is -2.10. The van der Waals surface area contributed by atoms with Crippen molar-refractivity contribution in [3.8, 4) is 0 Å². The molecule has 14 heavy (non-hydrogen) atoms. The van der Waals surface area contributed by atoms with Gasteiger partial charge in [0.2, 0.25) is 0 Å². The molecule has 2 rings (SSSR count). The van der Waals surface area contributed by atoms with E-state index < -0.39 is 0 Å². The van der Waals surface area contributed by atoms with E-state index in [0.717, 1.165) is 0 Å². The topological polar surface area (TPSA) is 50.4 Å². The molecule has 0 saturated heterocycles. The van der Waals surface area contributed by atoms with Gasteiger partial charge in [0.15, 0.2) is 0 Å². The molecule has 4 heteroatoms. The Balaban J connectivity index is 1.95. The molecule has 2 heterocycles. The zero-order valence-electron chi connectivity index (χ0n) is 7.42. The van der Waals surface area contributed by atoms with Crippen molar-refractivity contribution in [2.75, 3.05) is 5.43 Å². The van der Waals surface area contributed by atoms with E-state index in [9.17, 15) is 0 Å². The summed E-state index contributed by atoms with van der Waals surface area (Å²) < 4.78 is 5.06. The fourth-order valence-corrected chi connectivity index (χ4v) is 0.956. The van der Waals surface area contributed by atoms with Crippen molar-refractivity contribution in [2.24, 2.45) is 5.10 Å². The highest BCUT2D eigenvalue weighted by Crippen LogP contribution is 2.00. The lowest BCUT2D eigenvalue weighted by Gasteiger charge is -1.95. The zero-order valence-corrected chi connectivity index (χ0v) is 7.42. The van der Waals surface area contributed by atoms with Crippen LogP contribution in [0.4, 0.5) is 5.82 Å². The van der Waals surface area contributed by atoms with Gasteiger partial charge in [-0.05, 0) is 24.3 Å². The second-order valence-electron chi connectivity index (χ2n) is 2.60. The quantitative estimate of drug-likeness (QED) is 0.591. The van der Waals surface area contributed by atoms with Gasteiger partial charge in [-0.2, -0.15) is 5.10 Å². The number of pyridine rings is 1. The first-order valence-corrected chi connectivity index (χ1v) is 4.19. The summed E-state index contributed by atoms with van der Waals surface area (Å²) in [5, 5.41) is 3.95. The molecule has 0 bridgehead atoms. The third kappa shape index (κ3) is 2.20. The molecule has 0 saturated carbocycles. The summed E-state index contributed by atoms with van der Waals surface area (Å²) in [6.07, 6.45) is 4.89. The van der Waals surface area contributed by atoms with Gasteiger partial charge in [0.1, 0.15) is 11.6 Å². The van der Waals surface area contributed by atoms with Crippen molar-refractivity contribution in [3.05, 3.63) is 48.6 Å². The first-order valence-electron chi connectivity index (χ1n) is 4.19. The lowest BCUT2D eigenvalue weighted by Crippen LogP contribution is -1.91. The van der Waals surface area contributed by atoms with Crippen LogP contribution in [-0.4, -0.2) is 11.2 Å². The number of anilines is 1. The summed E-state index contributed by atoms with van der Waals surface area (Å²) in [6.45, 7) is 0. The predicted octanol–water partition coefficient (Wildman–Crippen LogP) is 2.12. The second-order valence-corrected chi connectivity index (χ2v) is 2.60. The molecule has 0 fully saturated rings. The molecule has 0 radical (unpaired) electrons. The van der Waals surface area contributed by atoms with Crippen LogP contribution in [-0.2, 0) is 0 Å². The highest BCUT2D eigenvalue weighted by molar-refractivity contribution is 5.76. The molecular weight excluding hydrogens is 178 g/mol. The average molecular weight is 187 g/mol. The first-order chi connectivity index (χ1) is 6.95. The SMILES string of the molecule is C(=N\Nc1ccccn1)/c1ccco1. The minimum atomic E-state index is 0.702. The zero-order chi connectivity index (χ0) is 9.64. The van der Waals surface area contributed by atoms with Gasteiger partial charge in [0.05, 0.1) is 12.5 Å². The van der Waals surface area contributed by atoms with Gasteiger partial charge in [-0.3, -0.25) is 5.43 Å². The number of hydrogen-bond acceptors (Lipinski definition) is 4. The van der Waals surface area contributed by atoms with Gasteiger partial charge in [0, 0.05) is 6.20 Å². The summed E-state index contributed by atoms with van der Waals surface area (Å²) in [4.78, 5) is 4.04. The van der Waals surface area contributed by atoms with Gasteiger partial charge in [-0.25, -0.2) is 4.98 Å². The number of hydrogen-bond donors (Lipinski definition) is 1. The smallest absolute Gasteiger partial charge is 0.146 e. The third-order valence-corrected chi connectivity index (χ3v) is 1.58. The fourth-order valence-electron chi connectivity index (χ4n) is 0.956.